The minimum Gasteiger partial charge on any atom is -0.480 e. The van der Waals surface area contributed by atoms with Crippen molar-refractivity contribution < 1.29 is 23.1 Å². The maximum atomic E-state index is 12.8. The average molecular weight is 368 g/mol. The maximum Gasteiger partial charge on any atom is 0.433 e. The van der Waals surface area contributed by atoms with Crippen molar-refractivity contribution in [1.29, 1.82) is 5.26 Å². The molecule has 0 amide bonds. The number of aromatic nitrogens is 1. The van der Waals surface area contributed by atoms with Gasteiger partial charge >= 0.3 is 12.1 Å². The third-order valence-electron chi connectivity index (χ3n) is 4.80. The Morgan fingerprint density at radius 1 is 1.38 bits per heavy atom. The van der Waals surface area contributed by atoms with Gasteiger partial charge in [0, 0.05) is 18.6 Å². The summed E-state index contributed by atoms with van der Waals surface area (Å²) in [5, 5.41) is 21.0. The van der Waals surface area contributed by atoms with Crippen LogP contribution in [0.4, 0.5) is 19.0 Å². The van der Waals surface area contributed by atoms with Crippen molar-refractivity contribution in [2.45, 2.75) is 43.9 Å². The Bertz CT molecular complexity index is 722. The van der Waals surface area contributed by atoms with Gasteiger partial charge in [0.25, 0.3) is 0 Å². The fourth-order valence-corrected chi connectivity index (χ4v) is 3.16. The van der Waals surface area contributed by atoms with Crippen LogP contribution in [0.1, 0.15) is 36.9 Å². The fraction of sp³-hybridized carbons (Fsp3) is 0.588. The monoisotopic (exact) mass is 368 g/mol. The zero-order valence-corrected chi connectivity index (χ0v) is 14.0. The number of pyridine rings is 1. The lowest BCUT2D eigenvalue weighted by Crippen LogP contribution is -2.52. The summed E-state index contributed by atoms with van der Waals surface area (Å²) < 4.78 is 38.5. The summed E-state index contributed by atoms with van der Waals surface area (Å²) in [6.07, 6.45) is -1.12. The standard InChI is InChI=1S/C17H19F3N4O2/c18-17(19,20)14-4-3-11(7-21)16(23-14)22-12-5-13(6-12)24(9-15(25)26)8-10-1-2-10/h3-4,10,12-13H,1-2,5-6,8-9H2,(H,22,23)(H,25,26). The molecule has 2 aliphatic carbocycles. The molecule has 2 fully saturated rings. The molecule has 26 heavy (non-hydrogen) atoms. The number of anilines is 1. The third kappa shape index (κ3) is 4.43. The Morgan fingerprint density at radius 2 is 2.08 bits per heavy atom. The van der Waals surface area contributed by atoms with Crippen LogP contribution in [-0.4, -0.2) is 46.1 Å². The summed E-state index contributed by atoms with van der Waals surface area (Å²) in [7, 11) is 0. The van der Waals surface area contributed by atoms with Crippen LogP contribution in [0.3, 0.4) is 0 Å². The highest BCUT2D eigenvalue weighted by Crippen LogP contribution is 2.35. The molecule has 0 spiro atoms. The summed E-state index contributed by atoms with van der Waals surface area (Å²) in [6.45, 7) is 0.716. The Morgan fingerprint density at radius 3 is 2.62 bits per heavy atom. The fourth-order valence-electron chi connectivity index (χ4n) is 3.16. The lowest BCUT2D eigenvalue weighted by molar-refractivity contribution is -0.141. The second-order valence-corrected chi connectivity index (χ2v) is 6.94. The molecule has 6 nitrogen and oxygen atoms in total. The number of carboxylic acids is 1. The van der Waals surface area contributed by atoms with E-state index in [4.69, 9.17) is 10.4 Å². The van der Waals surface area contributed by atoms with Crippen LogP contribution in [-0.2, 0) is 11.0 Å². The van der Waals surface area contributed by atoms with Gasteiger partial charge in [0.15, 0.2) is 0 Å². The van der Waals surface area contributed by atoms with Gasteiger partial charge in [0.05, 0.1) is 12.1 Å². The molecule has 1 aromatic rings. The van der Waals surface area contributed by atoms with E-state index >= 15 is 0 Å². The van der Waals surface area contributed by atoms with Crippen LogP contribution in [0.2, 0.25) is 0 Å². The second kappa shape index (κ2) is 7.11. The molecule has 3 rings (SSSR count). The number of hydrogen-bond acceptors (Lipinski definition) is 5. The average Bonchev–Trinajstić information content (AvgIpc) is 3.32. The first-order valence-corrected chi connectivity index (χ1v) is 8.47. The zero-order valence-electron chi connectivity index (χ0n) is 14.0. The number of halogens is 3. The highest BCUT2D eigenvalue weighted by atomic mass is 19.4. The smallest absolute Gasteiger partial charge is 0.433 e. The molecule has 2 N–H and O–H groups in total. The number of carbonyl (C=O) groups is 1. The number of nitriles is 1. The molecular formula is C17H19F3N4O2. The van der Waals surface area contributed by atoms with E-state index in [2.05, 4.69) is 10.3 Å². The van der Waals surface area contributed by atoms with Gasteiger partial charge in [0.2, 0.25) is 0 Å². The Kier molecular flexibility index (Phi) is 5.05. The van der Waals surface area contributed by atoms with E-state index in [-0.39, 0.29) is 30.0 Å². The minimum atomic E-state index is -4.57. The van der Waals surface area contributed by atoms with Crippen molar-refractivity contribution >= 4 is 11.8 Å². The summed E-state index contributed by atoms with van der Waals surface area (Å²) in [5.74, 6) is -0.400. The SMILES string of the molecule is N#Cc1ccc(C(F)(F)F)nc1NC1CC(N(CC(=O)O)CC2CC2)C1. The lowest BCUT2D eigenvalue weighted by atomic mass is 9.85. The molecule has 1 heterocycles. The molecule has 0 unspecified atom stereocenters. The highest BCUT2D eigenvalue weighted by Gasteiger charge is 2.38. The molecule has 1 aromatic heterocycles. The van der Waals surface area contributed by atoms with Gasteiger partial charge in [-0.15, -0.1) is 0 Å². The van der Waals surface area contributed by atoms with E-state index in [1.54, 1.807) is 0 Å². The molecule has 0 radical (unpaired) electrons. The van der Waals surface area contributed by atoms with Gasteiger partial charge < -0.3 is 10.4 Å². The molecule has 0 saturated heterocycles. The Hall–Kier alpha value is -2.34. The molecule has 0 bridgehead atoms. The van der Waals surface area contributed by atoms with Crippen LogP contribution < -0.4 is 5.32 Å². The van der Waals surface area contributed by atoms with Crippen LogP contribution in [0.5, 0.6) is 0 Å². The van der Waals surface area contributed by atoms with Gasteiger partial charge in [-0.3, -0.25) is 9.69 Å². The quantitative estimate of drug-likeness (QED) is 0.769. The first kappa shape index (κ1) is 18.5. The van der Waals surface area contributed by atoms with E-state index in [9.17, 15) is 18.0 Å². The van der Waals surface area contributed by atoms with Crippen molar-refractivity contribution in [3.63, 3.8) is 0 Å². The van der Waals surface area contributed by atoms with Crippen molar-refractivity contribution in [3.8, 4) is 6.07 Å². The summed E-state index contributed by atoms with van der Waals surface area (Å²) in [4.78, 5) is 16.5. The highest BCUT2D eigenvalue weighted by molar-refractivity contribution is 5.69. The number of hydrogen-bond donors (Lipinski definition) is 2. The minimum absolute atomic E-state index is 0.0286. The van der Waals surface area contributed by atoms with E-state index in [0.29, 0.717) is 18.8 Å². The molecule has 2 saturated carbocycles. The predicted octanol–water partition coefficient (Wildman–Crippen LogP) is 2.71. The Labute approximate surface area is 148 Å². The molecular weight excluding hydrogens is 349 g/mol. The number of carboxylic acid groups (broad SMARTS) is 1. The van der Waals surface area contributed by atoms with Crippen LogP contribution in [0.15, 0.2) is 12.1 Å². The van der Waals surface area contributed by atoms with Gasteiger partial charge in [-0.05, 0) is 43.7 Å². The number of nitrogens with zero attached hydrogens (tertiary/aromatic N) is 3. The van der Waals surface area contributed by atoms with Crippen molar-refractivity contribution in [2.75, 3.05) is 18.4 Å². The molecule has 0 atom stereocenters. The summed E-state index contributed by atoms with van der Waals surface area (Å²) in [5.41, 5.74) is -0.988. The van der Waals surface area contributed by atoms with E-state index in [1.807, 2.05) is 11.0 Å². The van der Waals surface area contributed by atoms with Crippen LogP contribution in [0.25, 0.3) is 0 Å². The summed E-state index contributed by atoms with van der Waals surface area (Å²) >= 11 is 0. The van der Waals surface area contributed by atoms with Gasteiger partial charge in [-0.1, -0.05) is 0 Å². The first-order chi connectivity index (χ1) is 12.3. The maximum absolute atomic E-state index is 12.8. The van der Waals surface area contributed by atoms with E-state index in [1.165, 1.54) is 0 Å². The van der Waals surface area contributed by atoms with Gasteiger partial charge in [-0.25, -0.2) is 4.98 Å². The lowest BCUT2D eigenvalue weighted by Gasteiger charge is -2.43. The number of nitrogens with one attached hydrogen (secondary N) is 1. The van der Waals surface area contributed by atoms with Crippen LogP contribution in [0, 0.1) is 17.2 Å². The number of alkyl halides is 3. The van der Waals surface area contributed by atoms with Gasteiger partial charge in [-0.2, -0.15) is 18.4 Å². The molecule has 9 heteroatoms. The zero-order chi connectivity index (χ0) is 18.9. The topological polar surface area (TPSA) is 89.3 Å². The molecule has 140 valence electrons. The van der Waals surface area contributed by atoms with Crippen molar-refractivity contribution in [1.82, 2.24) is 9.88 Å². The van der Waals surface area contributed by atoms with E-state index < -0.39 is 17.8 Å². The molecule has 0 aliphatic heterocycles. The predicted molar refractivity (Wildman–Crippen MR) is 86.3 cm³/mol. The largest absolute Gasteiger partial charge is 0.480 e. The van der Waals surface area contributed by atoms with Crippen molar-refractivity contribution in [3.05, 3.63) is 23.4 Å². The van der Waals surface area contributed by atoms with Crippen LogP contribution >= 0.6 is 0 Å². The number of rotatable bonds is 7. The molecule has 0 aromatic carbocycles. The van der Waals surface area contributed by atoms with Gasteiger partial charge in [0.1, 0.15) is 17.6 Å². The second-order valence-electron chi connectivity index (χ2n) is 6.94. The third-order valence-corrected chi connectivity index (χ3v) is 4.80. The van der Waals surface area contributed by atoms with Crippen molar-refractivity contribution in [2.24, 2.45) is 5.92 Å². The normalized spacial score (nSPS) is 22.6. The summed E-state index contributed by atoms with van der Waals surface area (Å²) in [6, 6.07) is 3.70. The Balaban J connectivity index is 1.62. The first-order valence-electron chi connectivity index (χ1n) is 8.47. The van der Waals surface area contributed by atoms with E-state index in [0.717, 1.165) is 31.5 Å². The molecule has 2 aliphatic rings. The number of aliphatic carboxylic acids is 1.